The third-order valence-corrected chi connectivity index (χ3v) is 6.38. The van der Waals surface area contributed by atoms with E-state index in [1.165, 1.54) is 38.2 Å². The maximum Gasteiger partial charge on any atom is 0.0450 e. The molecule has 20 heavy (non-hydrogen) atoms. The molecule has 1 N–H and O–H groups in total. The molecule has 0 amide bonds. The predicted octanol–water partition coefficient (Wildman–Crippen LogP) is 4.88. The molecular weight excluding hydrogens is 330 g/mol. The molecule has 1 aromatic heterocycles. The van der Waals surface area contributed by atoms with Crippen molar-refractivity contribution in [2.45, 2.75) is 32.7 Å². The lowest BCUT2D eigenvalue weighted by molar-refractivity contribution is 0.386. The van der Waals surface area contributed by atoms with Crippen LogP contribution in [-0.4, -0.2) is 6.54 Å². The number of nitrogens with one attached hydrogen (secondary N) is 1. The van der Waals surface area contributed by atoms with Crippen molar-refractivity contribution in [3.63, 3.8) is 0 Å². The quantitative estimate of drug-likeness (QED) is 0.828. The number of rotatable bonds is 4. The van der Waals surface area contributed by atoms with E-state index in [9.17, 15) is 0 Å². The standard InChI is InChI=1S/C17H20BrNS/c1-3-19-17(16-10-15(18)11(2)20-16)14-8-12-6-4-5-7-13(12)9-14/h4-7,10,14,17,19H,3,8-9H2,1-2H3. The fourth-order valence-electron chi connectivity index (χ4n) is 3.18. The predicted molar refractivity (Wildman–Crippen MR) is 90.5 cm³/mol. The number of halogens is 1. The average molecular weight is 350 g/mol. The molecule has 3 rings (SSSR count). The van der Waals surface area contributed by atoms with E-state index in [-0.39, 0.29) is 0 Å². The molecule has 0 aliphatic heterocycles. The Morgan fingerprint density at radius 1 is 1.30 bits per heavy atom. The minimum atomic E-state index is 0.474. The highest BCUT2D eigenvalue weighted by molar-refractivity contribution is 9.10. The Hall–Kier alpha value is -0.640. The van der Waals surface area contributed by atoms with Crippen molar-refractivity contribution in [3.05, 3.63) is 55.7 Å². The fourth-order valence-corrected chi connectivity index (χ4v) is 4.91. The maximum absolute atomic E-state index is 3.71. The summed E-state index contributed by atoms with van der Waals surface area (Å²) in [7, 11) is 0. The molecule has 0 saturated heterocycles. The highest BCUT2D eigenvalue weighted by atomic mass is 79.9. The molecule has 2 aromatic rings. The Bertz CT molecular complexity index is 560. The Balaban J connectivity index is 1.86. The normalized spacial score (nSPS) is 16.4. The van der Waals surface area contributed by atoms with Gasteiger partial charge in [-0.3, -0.25) is 0 Å². The Morgan fingerprint density at radius 3 is 2.45 bits per heavy atom. The first-order valence-corrected chi connectivity index (χ1v) is 8.86. The first kappa shape index (κ1) is 14.3. The van der Waals surface area contributed by atoms with Gasteiger partial charge < -0.3 is 5.32 Å². The number of hydrogen-bond acceptors (Lipinski definition) is 2. The van der Waals surface area contributed by atoms with Gasteiger partial charge in [-0.1, -0.05) is 31.2 Å². The van der Waals surface area contributed by atoms with E-state index < -0.39 is 0 Å². The molecule has 0 saturated carbocycles. The lowest BCUT2D eigenvalue weighted by Gasteiger charge is -2.23. The van der Waals surface area contributed by atoms with Gasteiger partial charge in [-0.15, -0.1) is 11.3 Å². The molecule has 1 heterocycles. The smallest absolute Gasteiger partial charge is 0.0450 e. The molecule has 0 radical (unpaired) electrons. The fraction of sp³-hybridized carbons (Fsp3) is 0.412. The Morgan fingerprint density at radius 2 is 1.95 bits per heavy atom. The summed E-state index contributed by atoms with van der Waals surface area (Å²) < 4.78 is 1.25. The van der Waals surface area contributed by atoms with Crippen LogP contribution in [0, 0.1) is 12.8 Å². The van der Waals surface area contributed by atoms with Crippen molar-refractivity contribution in [1.82, 2.24) is 5.32 Å². The van der Waals surface area contributed by atoms with Gasteiger partial charge in [0.05, 0.1) is 0 Å². The summed E-state index contributed by atoms with van der Waals surface area (Å²) in [6.45, 7) is 5.40. The van der Waals surface area contributed by atoms with Crippen molar-refractivity contribution in [1.29, 1.82) is 0 Å². The molecule has 1 aliphatic rings. The number of aryl methyl sites for hydroxylation is 1. The molecule has 1 atom stereocenters. The topological polar surface area (TPSA) is 12.0 Å². The van der Waals surface area contributed by atoms with Crippen LogP contribution in [0.1, 0.15) is 33.8 Å². The zero-order valence-corrected chi connectivity index (χ0v) is 14.4. The molecule has 1 nitrogen and oxygen atoms in total. The lowest BCUT2D eigenvalue weighted by atomic mass is 9.95. The van der Waals surface area contributed by atoms with Gasteiger partial charge in [0.1, 0.15) is 0 Å². The van der Waals surface area contributed by atoms with Crippen molar-refractivity contribution in [3.8, 4) is 0 Å². The first-order valence-electron chi connectivity index (χ1n) is 7.25. The number of fused-ring (bicyclic) bond motifs is 1. The summed E-state index contributed by atoms with van der Waals surface area (Å²) in [6.07, 6.45) is 2.39. The molecule has 0 bridgehead atoms. The van der Waals surface area contributed by atoms with Gasteiger partial charge in [0, 0.05) is 20.3 Å². The summed E-state index contributed by atoms with van der Waals surface area (Å²) in [5, 5.41) is 3.71. The molecule has 3 heteroatoms. The molecular formula is C17H20BrNS. The molecule has 1 aromatic carbocycles. The molecule has 0 fully saturated rings. The lowest BCUT2D eigenvalue weighted by Crippen LogP contribution is -2.28. The van der Waals surface area contributed by atoms with Crippen molar-refractivity contribution in [2.24, 2.45) is 5.92 Å². The van der Waals surface area contributed by atoms with E-state index in [2.05, 4.69) is 65.4 Å². The van der Waals surface area contributed by atoms with E-state index in [1.54, 1.807) is 0 Å². The van der Waals surface area contributed by atoms with Crippen LogP contribution < -0.4 is 5.32 Å². The summed E-state index contributed by atoms with van der Waals surface area (Å²) in [5.74, 6) is 0.678. The van der Waals surface area contributed by atoms with Crippen LogP contribution in [0.4, 0.5) is 0 Å². The van der Waals surface area contributed by atoms with Gasteiger partial charge in [-0.2, -0.15) is 0 Å². The van der Waals surface area contributed by atoms with Crippen LogP contribution in [0.2, 0.25) is 0 Å². The highest BCUT2D eigenvalue weighted by Gasteiger charge is 2.30. The summed E-state index contributed by atoms with van der Waals surface area (Å²) >= 11 is 5.57. The zero-order chi connectivity index (χ0) is 14.1. The van der Waals surface area contributed by atoms with Crippen LogP contribution in [0.5, 0.6) is 0 Å². The average Bonchev–Trinajstić information content (AvgIpc) is 3.00. The second-order valence-corrected chi connectivity index (χ2v) is 7.67. The summed E-state index contributed by atoms with van der Waals surface area (Å²) in [6, 6.07) is 11.7. The van der Waals surface area contributed by atoms with Gasteiger partial charge in [-0.05, 0) is 65.4 Å². The van der Waals surface area contributed by atoms with Crippen LogP contribution in [0.25, 0.3) is 0 Å². The van der Waals surface area contributed by atoms with Crippen LogP contribution in [0.15, 0.2) is 34.8 Å². The number of thiophene rings is 1. The van der Waals surface area contributed by atoms with E-state index in [0.29, 0.717) is 12.0 Å². The molecule has 1 aliphatic carbocycles. The van der Waals surface area contributed by atoms with Crippen LogP contribution >= 0.6 is 27.3 Å². The van der Waals surface area contributed by atoms with Gasteiger partial charge in [0.25, 0.3) is 0 Å². The minimum absolute atomic E-state index is 0.474. The third kappa shape index (κ3) is 2.72. The molecule has 1 unspecified atom stereocenters. The van der Waals surface area contributed by atoms with Gasteiger partial charge in [0.15, 0.2) is 0 Å². The Kier molecular flexibility index (Phi) is 4.29. The molecule has 106 valence electrons. The highest BCUT2D eigenvalue weighted by Crippen LogP contribution is 2.39. The second kappa shape index (κ2) is 6.00. The van der Waals surface area contributed by atoms with E-state index in [1.807, 2.05) is 11.3 Å². The molecule has 0 spiro atoms. The number of benzene rings is 1. The zero-order valence-electron chi connectivity index (χ0n) is 11.9. The van der Waals surface area contributed by atoms with Crippen molar-refractivity contribution in [2.75, 3.05) is 6.54 Å². The van der Waals surface area contributed by atoms with Gasteiger partial charge >= 0.3 is 0 Å². The Labute approximate surface area is 133 Å². The van der Waals surface area contributed by atoms with E-state index in [4.69, 9.17) is 0 Å². The first-order chi connectivity index (χ1) is 9.69. The maximum atomic E-state index is 3.71. The minimum Gasteiger partial charge on any atom is -0.309 e. The van der Waals surface area contributed by atoms with Crippen molar-refractivity contribution < 1.29 is 0 Å². The number of hydrogen-bond donors (Lipinski definition) is 1. The SMILES string of the molecule is CCNC(c1cc(Br)c(C)s1)C1Cc2ccccc2C1. The monoisotopic (exact) mass is 349 g/mol. The van der Waals surface area contributed by atoms with E-state index >= 15 is 0 Å². The third-order valence-electron chi connectivity index (χ3n) is 4.16. The van der Waals surface area contributed by atoms with Gasteiger partial charge in [0.2, 0.25) is 0 Å². The van der Waals surface area contributed by atoms with Gasteiger partial charge in [-0.25, -0.2) is 0 Å². The second-order valence-electron chi connectivity index (χ2n) is 5.53. The van der Waals surface area contributed by atoms with Crippen molar-refractivity contribution >= 4 is 27.3 Å². The van der Waals surface area contributed by atoms with Crippen LogP contribution in [0.3, 0.4) is 0 Å². The summed E-state index contributed by atoms with van der Waals surface area (Å²) in [4.78, 5) is 2.84. The van der Waals surface area contributed by atoms with E-state index in [0.717, 1.165) is 6.54 Å². The summed E-state index contributed by atoms with van der Waals surface area (Å²) in [5.41, 5.74) is 3.07. The van der Waals surface area contributed by atoms with Crippen LogP contribution in [-0.2, 0) is 12.8 Å². The largest absolute Gasteiger partial charge is 0.309 e.